The first kappa shape index (κ1) is 28.5. The van der Waals surface area contributed by atoms with Crippen molar-refractivity contribution < 1.29 is 27.4 Å². The second-order valence-corrected chi connectivity index (χ2v) is 11.7. The number of rotatable bonds is 8. The highest BCUT2D eigenvalue weighted by Crippen LogP contribution is 2.43. The molecule has 1 amide bonds. The van der Waals surface area contributed by atoms with Crippen LogP contribution in [0.1, 0.15) is 36.9 Å². The van der Waals surface area contributed by atoms with Gasteiger partial charge >= 0.3 is 12.3 Å². The summed E-state index contributed by atoms with van der Waals surface area (Å²) in [6, 6.07) is 4.70. The van der Waals surface area contributed by atoms with Gasteiger partial charge in [0, 0.05) is 61.6 Å². The zero-order valence-electron chi connectivity index (χ0n) is 23.8. The van der Waals surface area contributed by atoms with Crippen LogP contribution in [0.4, 0.5) is 18.0 Å². The number of amides is 1. The number of nitrogens with zero attached hydrogens (tertiary/aromatic N) is 7. The smallest absolute Gasteiger partial charge is 0.433 e. The maximum absolute atomic E-state index is 13.6. The fourth-order valence-corrected chi connectivity index (χ4v) is 6.51. The number of halogens is 3. The number of carbonyl (C=O) groups excluding carboxylic acids is 1. The fraction of sp³-hybridized carbons (Fsp3) is 0.483. The van der Waals surface area contributed by atoms with Crippen molar-refractivity contribution >= 4 is 17.1 Å². The first-order valence-electron chi connectivity index (χ1n) is 14.6. The number of hydrogen-bond acceptors (Lipinski definition) is 9. The number of carbonyl (C=O) groups is 1. The lowest BCUT2D eigenvalue weighted by Crippen LogP contribution is -2.61. The number of nitrogens with one attached hydrogen (secondary N) is 1. The van der Waals surface area contributed by atoms with E-state index in [0.717, 1.165) is 54.3 Å². The van der Waals surface area contributed by atoms with Crippen molar-refractivity contribution in [2.24, 2.45) is 5.73 Å². The number of nitrogens with two attached hydrogens (primary N) is 1. The number of cyclic esters (lactones) is 1. The van der Waals surface area contributed by atoms with Crippen LogP contribution in [0.25, 0.3) is 22.3 Å². The predicted molar refractivity (Wildman–Crippen MR) is 151 cm³/mol. The number of likely N-dealkylation sites (tertiary alicyclic amines) is 1. The maximum Gasteiger partial charge on any atom is 0.433 e. The Labute approximate surface area is 250 Å². The normalized spacial score (nSPS) is 23.2. The van der Waals surface area contributed by atoms with Gasteiger partial charge in [-0.3, -0.25) is 9.58 Å². The summed E-state index contributed by atoms with van der Waals surface area (Å²) in [7, 11) is 0. The number of fused-ring (bicyclic) bond motifs is 1. The number of aromatic nitrogens is 6. The lowest BCUT2D eigenvalue weighted by molar-refractivity contribution is -0.141. The van der Waals surface area contributed by atoms with E-state index in [4.69, 9.17) is 15.2 Å². The average Bonchev–Trinajstić information content (AvgIpc) is 3.75. The van der Waals surface area contributed by atoms with E-state index in [1.807, 2.05) is 29.3 Å². The standard InChI is InChI=1S/C29H32F3N9O3/c30-29(31,32)23-9-18(14-40-7-8-43-27(40)42)10-24(38-23)44-21-2-5-39(6-3-21)20-11-28(12-20,16-33)41-15-19(13-37-41)25-22-1-4-34-26(22)36-17-35-25/h1,4,9-10,13,15,17,20-21H,2-3,5-8,11-12,14,16,33H2,(H,34,35,36). The molecule has 232 valence electrons. The summed E-state index contributed by atoms with van der Waals surface area (Å²) in [6.07, 6.45) is 4.73. The predicted octanol–water partition coefficient (Wildman–Crippen LogP) is 3.55. The van der Waals surface area contributed by atoms with Gasteiger partial charge in [0.15, 0.2) is 0 Å². The summed E-state index contributed by atoms with van der Waals surface area (Å²) < 4.78 is 53.7. The Morgan fingerprint density at radius 2 is 1.98 bits per heavy atom. The van der Waals surface area contributed by atoms with Crippen LogP contribution in [0.5, 0.6) is 5.88 Å². The Hall–Kier alpha value is -4.24. The molecule has 3 aliphatic rings. The molecule has 15 heteroatoms. The quantitative estimate of drug-likeness (QED) is 0.306. The van der Waals surface area contributed by atoms with Gasteiger partial charge < -0.3 is 25.1 Å². The van der Waals surface area contributed by atoms with E-state index in [1.54, 1.807) is 0 Å². The Bertz CT molecular complexity index is 1660. The highest BCUT2D eigenvalue weighted by atomic mass is 19.4. The second kappa shape index (κ2) is 11.0. The summed E-state index contributed by atoms with van der Waals surface area (Å²) >= 11 is 0. The van der Waals surface area contributed by atoms with Gasteiger partial charge in [-0.15, -0.1) is 0 Å². The fourth-order valence-electron chi connectivity index (χ4n) is 6.51. The molecule has 4 aromatic heterocycles. The average molecular weight is 612 g/mol. The van der Waals surface area contributed by atoms with Gasteiger partial charge in [0.1, 0.15) is 30.4 Å². The van der Waals surface area contributed by atoms with Gasteiger partial charge in [-0.1, -0.05) is 0 Å². The van der Waals surface area contributed by atoms with Gasteiger partial charge in [-0.05, 0) is 43.4 Å². The number of aromatic amines is 1. The number of hydrogen-bond donors (Lipinski definition) is 2. The van der Waals surface area contributed by atoms with E-state index in [0.29, 0.717) is 37.5 Å². The van der Waals surface area contributed by atoms with Crippen molar-refractivity contribution in [2.45, 2.75) is 56.1 Å². The minimum absolute atomic E-state index is 0.00290. The second-order valence-electron chi connectivity index (χ2n) is 11.7. The van der Waals surface area contributed by atoms with Crippen LogP contribution in [0.3, 0.4) is 0 Å². The topological polar surface area (TPSA) is 140 Å². The van der Waals surface area contributed by atoms with Crippen molar-refractivity contribution in [1.29, 1.82) is 0 Å². The molecule has 7 rings (SSSR count). The molecule has 12 nitrogen and oxygen atoms in total. The molecule has 4 aromatic rings. The maximum atomic E-state index is 13.6. The third-order valence-corrected chi connectivity index (χ3v) is 8.96. The van der Waals surface area contributed by atoms with Gasteiger partial charge in [0.05, 0.1) is 24.0 Å². The van der Waals surface area contributed by atoms with Crippen LogP contribution in [-0.2, 0) is 23.0 Å². The summed E-state index contributed by atoms with van der Waals surface area (Å²) in [4.78, 5) is 31.2. The SMILES string of the molecule is NCC1(n2cc(-c3ncnc4[nH]ccc34)cn2)CC(N2CCC(Oc3cc(CN4CCOC4=O)cc(C(F)(F)F)n3)CC2)C1. The summed E-state index contributed by atoms with van der Waals surface area (Å²) in [5, 5.41) is 5.60. The van der Waals surface area contributed by atoms with Gasteiger partial charge in [-0.25, -0.2) is 19.7 Å². The van der Waals surface area contributed by atoms with E-state index in [2.05, 4.69) is 29.9 Å². The number of pyridine rings is 1. The minimum Gasteiger partial charge on any atom is -0.474 e. The molecular formula is C29H32F3N9O3. The van der Waals surface area contributed by atoms with Gasteiger partial charge in [0.2, 0.25) is 5.88 Å². The molecular weight excluding hydrogens is 579 g/mol. The molecule has 0 atom stereocenters. The number of alkyl halides is 3. The third kappa shape index (κ3) is 5.34. The molecule has 1 aliphatic carbocycles. The molecule has 3 fully saturated rings. The van der Waals surface area contributed by atoms with Gasteiger partial charge in [0.25, 0.3) is 0 Å². The van der Waals surface area contributed by atoms with Crippen molar-refractivity contribution in [2.75, 3.05) is 32.8 Å². The molecule has 0 bridgehead atoms. The first-order chi connectivity index (χ1) is 21.2. The number of ether oxygens (including phenoxy) is 2. The van der Waals surface area contributed by atoms with Crippen molar-refractivity contribution in [1.82, 2.24) is 39.5 Å². The minimum atomic E-state index is -4.64. The Kier molecular flexibility index (Phi) is 7.16. The molecule has 0 aromatic carbocycles. The van der Waals surface area contributed by atoms with Crippen LogP contribution in [0.2, 0.25) is 0 Å². The highest BCUT2D eigenvalue weighted by Gasteiger charge is 2.48. The van der Waals surface area contributed by atoms with Crippen LogP contribution in [0.15, 0.2) is 43.1 Å². The van der Waals surface area contributed by atoms with Crippen LogP contribution >= 0.6 is 0 Å². The van der Waals surface area contributed by atoms with Crippen molar-refractivity contribution in [3.63, 3.8) is 0 Å². The summed E-state index contributed by atoms with van der Waals surface area (Å²) in [5.41, 5.74) is 7.74. The Morgan fingerprint density at radius 1 is 1.16 bits per heavy atom. The van der Waals surface area contributed by atoms with Crippen molar-refractivity contribution in [3.05, 3.63) is 54.4 Å². The van der Waals surface area contributed by atoms with Crippen LogP contribution in [0, 0.1) is 0 Å². The zero-order valence-corrected chi connectivity index (χ0v) is 23.8. The summed E-state index contributed by atoms with van der Waals surface area (Å²) in [5.74, 6) is -0.0817. The van der Waals surface area contributed by atoms with E-state index in [1.165, 1.54) is 17.3 Å². The molecule has 0 spiro atoms. The molecule has 1 saturated carbocycles. The van der Waals surface area contributed by atoms with Crippen molar-refractivity contribution in [3.8, 4) is 17.1 Å². The van der Waals surface area contributed by atoms with Crippen LogP contribution < -0.4 is 10.5 Å². The zero-order chi connectivity index (χ0) is 30.5. The van der Waals surface area contributed by atoms with E-state index in [9.17, 15) is 18.0 Å². The molecule has 0 unspecified atom stereocenters. The monoisotopic (exact) mass is 611 g/mol. The Balaban J connectivity index is 0.974. The lowest BCUT2D eigenvalue weighted by atomic mass is 9.71. The largest absolute Gasteiger partial charge is 0.474 e. The van der Waals surface area contributed by atoms with Crippen LogP contribution in [-0.4, -0.2) is 90.5 Å². The number of piperidine rings is 1. The molecule has 0 radical (unpaired) electrons. The number of H-pyrrole nitrogens is 1. The molecule has 2 saturated heterocycles. The summed E-state index contributed by atoms with van der Waals surface area (Å²) in [6.45, 7) is 2.48. The lowest BCUT2D eigenvalue weighted by Gasteiger charge is -2.52. The molecule has 3 N–H and O–H groups in total. The van der Waals surface area contributed by atoms with E-state index >= 15 is 0 Å². The third-order valence-electron chi connectivity index (χ3n) is 8.96. The molecule has 2 aliphatic heterocycles. The van der Waals surface area contributed by atoms with Gasteiger partial charge in [-0.2, -0.15) is 18.3 Å². The van der Waals surface area contributed by atoms with E-state index in [-0.39, 0.29) is 30.7 Å². The highest BCUT2D eigenvalue weighted by molar-refractivity contribution is 5.90. The Morgan fingerprint density at radius 3 is 2.70 bits per heavy atom. The first-order valence-corrected chi connectivity index (χ1v) is 14.6. The molecule has 44 heavy (non-hydrogen) atoms. The van der Waals surface area contributed by atoms with E-state index < -0.39 is 18.0 Å². The molecule has 6 heterocycles.